The first-order chi connectivity index (χ1) is 12.6. The van der Waals surface area contributed by atoms with Crippen molar-refractivity contribution < 1.29 is 19.4 Å². The zero-order valence-corrected chi connectivity index (χ0v) is 16.8. The zero-order chi connectivity index (χ0) is 18.9. The first kappa shape index (κ1) is 20.5. The number of aliphatic hydroxyl groups is 1. The molecule has 0 saturated carbocycles. The van der Waals surface area contributed by atoms with Crippen molar-refractivity contribution in [3.8, 4) is 22.1 Å². The summed E-state index contributed by atoms with van der Waals surface area (Å²) < 4.78 is 10.6. The van der Waals surface area contributed by atoms with Gasteiger partial charge >= 0.3 is 0 Å². The molecular formula is C18H24N2O4S2. The number of nitrogens with zero attached hydrogens (tertiary/aromatic N) is 1. The molecule has 1 atom stereocenters. The van der Waals surface area contributed by atoms with Crippen LogP contribution in [0.3, 0.4) is 0 Å². The van der Waals surface area contributed by atoms with Crippen LogP contribution in [0.5, 0.6) is 11.5 Å². The van der Waals surface area contributed by atoms with Crippen LogP contribution >= 0.6 is 23.1 Å². The number of carbonyl (C=O) groups is 1. The fourth-order valence-corrected chi connectivity index (χ4v) is 3.74. The number of rotatable bonds is 10. The maximum atomic E-state index is 12.2. The van der Waals surface area contributed by atoms with Crippen molar-refractivity contribution >= 4 is 29.0 Å². The second-order valence-corrected chi connectivity index (χ2v) is 7.46. The van der Waals surface area contributed by atoms with Crippen molar-refractivity contribution in [3.05, 3.63) is 29.3 Å². The number of hydrogen-bond donors (Lipinski definition) is 2. The van der Waals surface area contributed by atoms with Crippen LogP contribution in [-0.4, -0.2) is 54.9 Å². The van der Waals surface area contributed by atoms with Crippen LogP contribution in [0, 0.1) is 0 Å². The van der Waals surface area contributed by atoms with Crippen LogP contribution in [0.1, 0.15) is 12.1 Å². The molecule has 1 unspecified atom stereocenters. The lowest BCUT2D eigenvalue weighted by molar-refractivity contribution is -0.121. The summed E-state index contributed by atoms with van der Waals surface area (Å²) in [6, 6.07) is 5.40. The topological polar surface area (TPSA) is 80.7 Å². The van der Waals surface area contributed by atoms with Crippen molar-refractivity contribution in [1.82, 2.24) is 10.3 Å². The van der Waals surface area contributed by atoms with Crippen LogP contribution in [-0.2, 0) is 11.2 Å². The molecule has 0 spiro atoms. The number of benzene rings is 1. The molecule has 1 heterocycles. The van der Waals surface area contributed by atoms with Gasteiger partial charge < -0.3 is 19.9 Å². The molecule has 0 fully saturated rings. The van der Waals surface area contributed by atoms with Crippen LogP contribution < -0.4 is 14.8 Å². The first-order valence-electron chi connectivity index (χ1n) is 8.17. The number of nitrogens with one attached hydrogen (secondary N) is 1. The lowest BCUT2D eigenvalue weighted by atomic mass is 10.2. The van der Waals surface area contributed by atoms with Gasteiger partial charge in [0.15, 0.2) is 11.5 Å². The maximum Gasteiger partial charge on any atom is 0.226 e. The molecule has 26 heavy (non-hydrogen) atoms. The van der Waals surface area contributed by atoms with Gasteiger partial charge in [0.05, 0.1) is 39.0 Å². The largest absolute Gasteiger partial charge is 0.493 e. The summed E-state index contributed by atoms with van der Waals surface area (Å²) >= 11 is 3.17. The van der Waals surface area contributed by atoms with E-state index in [2.05, 4.69) is 10.3 Å². The standard InChI is InChI=1S/C18H24N2O4S2/c1-23-15-5-4-12(8-16(15)24-2)18-20-14(11-26-18)9-17(22)19-13(10-21)6-7-25-3/h4-5,8,11,13,21H,6-7,9-10H2,1-3H3,(H,19,22). The fraction of sp³-hybridized carbons (Fsp3) is 0.444. The Balaban J connectivity index is 2.02. The van der Waals surface area contributed by atoms with Gasteiger partial charge in [-0.1, -0.05) is 0 Å². The second kappa shape index (κ2) is 10.4. The SMILES string of the molecule is COc1ccc(-c2nc(CC(=O)NC(CO)CCSC)cs2)cc1OC. The summed E-state index contributed by atoms with van der Waals surface area (Å²) in [5.41, 5.74) is 1.62. The third-order valence-corrected chi connectivity index (χ3v) is 5.36. The van der Waals surface area contributed by atoms with E-state index >= 15 is 0 Å². The number of hydrogen-bond acceptors (Lipinski definition) is 7. The number of aliphatic hydroxyl groups excluding tert-OH is 1. The molecule has 2 N–H and O–H groups in total. The van der Waals surface area contributed by atoms with E-state index in [1.165, 1.54) is 11.3 Å². The second-order valence-electron chi connectivity index (χ2n) is 5.62. The predicted octanol–water partition coefficient (Wildman–Crippen LogP) is 2.60. The van der Waals surface area contributed by atoms with Gasteiger partial charge in [0.2, 0.25) is 5.91 Å². The van der Waals surface area contributed by atoms with Gasteiger partial charge in [0.25, 0.3) is 0 Å². The van der Waals surface area contributed by atoms with Crippen molar-refractivity contribution in [2.24, 2.45) is 0 Å². The molecular weight excluding hydrogens is 372 g/mol. The maximum absolute atomic E-state index is 12.2. The van der Waals surface area contributed by atoms with Gasteiger partial charge in [-0.25, -0.2) is 4.98 Å². The molecule has 0 aliphatic carbocycles. The molecule has 1 aromatic heterocycles. The molecule has 2 rings (SSSR count). The minimum atomic E-state index is -0.209. The molecule has 1 aromatic carbocycles. The number of aromatic nitrogens is 1. The number of methoxy groups -OCH3 is 2. The lowest BCUT2D eigenvalue weighted by Crippen LogP contribution is -2.38. The zero-order valence-electron chi connectivity index (χ0n) is 15.2. The van der Waals surface area contributed by atoms with Crippen molar-refractivity contribution in [2.75, 3.05) is 32.8 Å². The number of thioether (sulfide) groups is 1. The Labute approximate surface area is 161 Å². The van der Waals surface area contributed by atoms with Crippen molar-refractivity contribution in [2.45, 2.75) is 18.9 Å². The lowest BCUT2D eigenvalue weighted by Gasteiger charge is -2.15. The molecule has 0 bridgehead atoms. The predicted molar refractivity (Wildman–Crippen MR) is 106 cm³/mol. The van der Waals surface area contributed by atoms with Crippen molar-refractivity contribution in [3.63, 3.8) is 0 Å². The van der Waals surface area contributed by atoms with E-state index in [9.17, 15) is 9.90 Å². The van der Waals surface area contributed by atoms with E-state index in [0.29, 0.717) is 17.2 Å². The normalized spacial score (nSPS) is 11.8. The van der Waals surface area contributed by atoms with Crippen LogP contribution in [0.4, 0.5) is 0 Å². The monoisotopic (exact) mass is 396 g/mol. The Morgan fingerprint density at radius 3 is 2.77 bits per heavy atom. The van der Waals surface area contributed by atoms with E-state index in [-0.39, 0.29) is 25.0 Å². The van der Waals surface area contributed by atoms with Gasteiger partial charge in [-0.15, -0.1) is 11.3 Å². The molecule has 0 aliphatic rings. The average Bonchev–Trinajstić information content (AvgIpc) is 3.12. The minimum Gasteiger partial charge on any atom is -0.493 e. The molecule has 1 amide bonds. The summed E-state index contributed by atoms with van der Waals surface area (Å²) in [4.78, 5) is 16.7. The average molecular weight is 397 g/mol. The highest BCUT2D eigenvalue weighted by atomic mass is 32.2. The number of amides is 1. The highest BCUT2D eigenvalue weighted by Gasteiger charge is 2.14. The van der Waals surface area contributed by atoms with Gasteiger partial charge in [0, 0.05) is 10.9 Å². The summed E-state index contributed by atoms with van der Waals surface area (Å²) in [5.74, 6) is 2.06. The molecule has 2 aromatic rings. The van der Waals surface area contributed by atoms with Crippen LogP contribution in [0.25, 0.3) is 10.6 Å². The third-order valence-electron chi connectivity index (χ3n) is 3.78. The number of carbonyl (C=O) groups excluding carboxylic acids is 1. The molecule has 0 saturated heterocycles. The molecule has 0 aliphatic heterocycles. The highest BCUT2D eigenvalue weighted by Crippen LogP contribution is 2.33. The Morgan fingerprint density at radius 2 is 2.12 bits per heavy atom. The third kappa shape index (κ3) is 5.62. The number of thiazole rings is 1. The van der Waals surface area contributed by atoms with E-state index in [4.69, 9.17) is 9.47 Å². The smallest absolute Gasteiger partial charge is 0.226 e. The summed E-state index contributed by atoms with van der Waals surface area (Å²) in [7, 11) is 3.18. The molecule has 0 radical (unpaired) electrons. The Morgan fingerprint density at radius 1 is 1.35 bits per heavy atom. The highest BCUT2D eigenvalue weighted by molar-refractivity contribution is 7.98. The van der Waals surface area contributed by atoms with E-state index in [1.807, 2.05) is 29.8 Å². The van der Waals surface area contributed by atoms with Gasteiger partial charge in [-0.3, -0.25) is 4.79 Å². The Hall–Kier alpha value is -1.77. The first-order valence-corrected chi connectivity index (χ1v) is 10.4. The van der Waals surface area contributed by atoms with Gasteiger partial charge in [-0.2, -0.15) is 11.8 Å². The Bertz CT molecular complexity index is 721. The van der Waals surface area contributed by atoms with Crippen LogP contribution in [0.2, 0.25) is 0 Å². The Kier molecular flexibility index (Phi) is 8.21. The number of ether oxygens (including phenoxy) is 2. The quantitative estimate of drug-likeness (QED) is 0.643. The van der Waals surface area contributed by atoms with E-state index in [0.717, 1.165) is 22.7 Å². The van der Waals surface area contributed by atoms with Gasteiger partial charge in [0.1, 0.15) is 5.01 Å². The van der Waals surface area contributed by atoms with Gasteiger partial charge in [-0.05, 0) is 36.6 Å². The van der Waals surface area contributed by atoms with Crippen LogP contribution in [0.15, 0.2) is 23.6 Å². The summed E-state index contributed by atoms with van der Waals surface area (Å²) in [6.45, 7) is -0.0553. The molecule has 8 heteroatoms. The molecule has 6 nitrogen and oxygen atoms in total. The summed E-state index contributed by atoms with van der Waals surface area (Å²) in [5, 5.41) is 14.9. The van der Waals surface area contributed by atoms with Crippen molar-refractivity contribution in [1.29, 1.82) is 0 Å². The van der Waals surface area contributed by atoms with E-state index in [1.54, 1.807) is 26.0 Å². The molecule has 142 valence electrons. The summed E-state index contributed by atoms with van der Waals surface area (Å²) in [6.07, 6.45) is 2.94. The fourth-order valence-electron chi connectivity index (χ4n) is 2.40. The minimum absolute atomic E-state index is 0.0553. The van der Waals surface area contributed by atoms with E-state index < -0.39 is 0 Å².